The second kappa shape index (κ2) is 6.10. The summed E-state index contributed by atoms with van der Waals surface area (Å²) in [6.45, 7) is 4.14. The minimum atomic E-state index is -0.152. The van der Waals surface area contributed by atoms with Crippen LogP contribution < -0.4 is 5.73 Å². The molecule has 2 heterocycles. The van der Waals surface area contributed by atoms with Crippen molar-refractivity contribution in [2.45, 2.75) is 25.7 Å². The molecule has 0 bridgehead atoms. The molecule has 0 spiro atoms. The average molecular weight is 264 g/mol. The molecule has 0 saturated carbocycles. The van der Waals surface area contributed by atoms with E-state index in [1.54, 1.807) is 6.20 Å². The molecule has 104 valence electrons. The van der Waals surface area contributed by atoms with Gasteiger partial charge in [-0.05, 0) is 18.6 Å². The molecule has 0 aliphatic carbocycles. The van der Waals surface area contributed by atoms with E-state index in [1.807, 2.05) is 19.1 Å². The van der Waals surface area contributed by atoms with Crippen LogP contribution in [0, 0.1) is 5.41 Å². The highest BCUT2D eigenvalue weighted by molar-refractivity contribution is 5.94. The highest BCUT2D eigenvalue weighted by atomic mass is 16.5. The van der Waals surface area contributed by atoms with Gasteiger partial charge in [0.05, 0.1) is 18.8 Å². The van der Waals surface area contributed by atoms with E-state index in [-0.39, 0.29) is 24.7 Å². The molecule has 0 radical (unpaired) electrons. The van der Waals surface area contributed by atoms with Gasteiger partial charge < -0.3 is 15.6 Å². The van der Waals surface area contributed by atoms with Crippen molar-refractivity contribution in [1.82, 2.24) is 9.88 Å². The Bertz CT molecular complexity index is 452. The summed E-state index contributed by atoms with van der Waals surface area (Å²) in [5, 5.41) is 16.8. The lowest BCUT2D eigenvalue weighted by Crippen LogP contribution is -2.47. The lowest BCUT2D eigenvalue weighted by Gasteiger charge is -2.36. The maximum Gasteiger partial charge on any atom is 0.142 e. The van der Waals surface area contributed by atoms with Gasteiger partial charge in [-0.3, -0.25) is 15.3 Å². The van der Waals surface area contributed by atoms with Crippen molar-refractivity contribution >= 4 is 5.84 Å². The second-order valence-electron chi connectivity index (χ2n) is 4.87. The molecular formula is C13H20N4O2. The number of aromatic nitrogens is 1. The number of hydrogen-bond donors (Lipinski definition) is 3. The number of pyridine rings is 1. The van der Waals surface area contributed by atoms with Gasteiger partial charge in [0.2, 0.25) is 0 Å². The van der Waals surface area contributed by atoms with Crippen LogP contribution in [0.5, 0.6) is 0 Å². The normalized spacial score (nSPS) is 24.3. The Morgan fingerprint density at radius 3 is 3.11 bits per heavy atom. The van der Waals surface area contributed by atoms with Gasteiger partial charge in [-0.15, -0.1) is 0 Å². The fourth-order valence-electron chi connectivity index (χ4n) is 2.42. The lowest BCUT2D eigenvalue weighted by atomic mass is 10.1. The smallest absolute Gasteiger partial charge is 0.142 e. The predicted octanol–water partition coefficient (Wildman–Crippen LogP) is -0.0527. The van der Waals surface area contributed by atoms with E-state index < -0.39 is 0 Å². The number of nitrogens with zero attached hydrogens (tertiary/aromatic N) is 2. The molecule has 19 heavy (non-hydrogen) atoms. The van der Waals surface area contributed by atoms with Gasteiger partial charge in [-0.25, -0.2) is 0 Å². The maximum atomic E-state index is 9.22. The Balaban J connectivity index is 2.10. The minimum absolute atomic E-state index is 0.0179. The van der Waals surface area contributed by atoms with E-state index in [4.69, 9.17) is 15.9 Å². The highest BCUT2D eigenvalue weighted by Gasteiger charge is 2.25. The first-order valence-corrected chi connectivity index (χ1v) is 6.37. The summed E-state index contributed by atoms with van der Waals surface area (Å²) < 4.78 is 5.61. The number of aliphatic hydroxyl groups is 1. The molecular weight excluding hydrogens is 244 g/mol. The van der Waals surface area contributed by atoms with Gasteiger partial charge in [-0.2, -0.15) is 0 Å². The molecule has 6 heteroatoms. The topological polar surface area (TPSA) is 95.5 Å². The van der Waals surface area contributed by atoms with Crippen LogP contribution in [0.25, 0.3) is 0 Å². The van der Waals surface area contributed by atoms with Crippen LogP contribution in [0.4, 0.5) is 0 Å². The SMILES string of the molecule is CC1CN(Cc2cccnc2C(=N)N)CC(CO)O1. The summed E-state index contributed by atoms with van der Waals surface area (Å²) in [4.78, 5) is 6.34. The molecule has 2 atom stereocenters. The molecule has 1 aromatic heterocycles. The van der Waals surface area contributed by atoms with Crippen molar-refractivity contribution in [3.8, 4) is 0 Å². The number of rotatable bonds is 4. The van der Waals surface area contributed by atoms with Gasteiger partial charge >= 0.3 is 0 Å². The summed E-state index contributed by atoms with van der Waals surface area (Å²) in [5.41, 5.74) is 7.00. The van der Waals surface area contributed by atoms with E-state index >= 15 is 0 Å². The zero-order valence-corrected chi connectivity index (χ0v) is 11.0. The molecule has 1 aliphatic heterocycles. The maximum absolute atomic E-state index is 9.22. The van der Waals surface area contributed by atoms with Crippen molar-refractivity contribution in [2.24, 2.45) is 5.73 Å². The van der Waals surface area contributed by atoms with Crippen LogP contribution >= 0.6 is 0 Å². The second-order valence-corrected chi connectivity index (χ2v) is 4.87. The van der Waals surface area contributed by atoms with E-state index in [2.05, 4.69) is 9.88 Å². The van der Waals surface area contributed by atoms with Crippen molar-refractivity contribution in [1.29, 1.82) is 5.41 Å². The number of nitrogens with two attached hydrogens (primary N) is 1. The van der Waals surface area contributed by atoms with Crippen LogP contribution in [0.3, 0.4) is 0 Å². The van der Waals surface area contributed by atoms with Crippen LogP contribution in [-0.4, -0.2) is 52.7 Å². The molecule has 1 saturated heterocycles. The third-order valence-electron chi connectivity index (χ3n) is 3.15. The molecule has 6 nitrogen and oxygen atoms in total. The first-order chi connectivity index (χ1) is 9.10. The first kappa shape index (κ1) is 13.9. The Kier molecular flexibility index (Phi) is 4.47. The molecule has 1 fully saturated rings. The van der Waals surface area contributed by atoms with Gasteiger partial charge in [0.15, 0.2) is 0 Å². The summed E-state index contributed by atoms with van der Waals surface area (Å²) in [5.74, 6) is -0.0179. The quantitative estimate of drug-likeness (QED) is 0.523. The van der Waals surface area contributed by atoms with Crippen molar-refractivity contribution in [3.63, 3.8) is 0 Å². The number of amidine groups is 1. The summed E-state index contributed by atoms with van der Waals surface area (Å²) in [6, 6.07) is 3.77. The predicted molar refractivity (Wildman–Crippen MR) is 72.0 cm³/mol. The number of hydrogen-bond acceptors (Lipinski definition) is 5. The third kappa shape index (κ3) is 3.50. The van der Waals surface area contributed by atoms with Crippen molar-refractivity contribution < 1.29 is 9.84 Å². The zero-order chi connectivity index (χ0) is 13.8. The largest absolute Gasteiger partial charge is 0.394 e. The van der Waals surface area contributed by atoms with Crippen LogP contribution in [0.15, 0.2) is 18.3 Å². The Morgan fingerprint density at radius 1 is 1.63 bits per heavy atom. The molecule has 1 aliphatic rings. The van der Waals surface area contributed by atoms with Crippen molar-refractivity contribution in [2.75, 3.05) is 19.7 Å². The fourth-order valence-corrected chi connectivity index (χ4v) is 2.42. The molecule has 2 unspecified atom stereocenters. The Morgan fingerprint density at radius 2 is 2.42 bits per heavy atom. The molecule has 1 aromatic rings. The summed E-state index contributed by atoms with van der Waals surface area (Å²) >= 11 is 0. The highest BCUT2D eigenvalue weighted by Crippen LogP contribution is 2.15. The van der Waals surface area contributed by atoms with E-state index in [0.29, 0.717) is 18.8 Å². The zero-order valence-electron chi connectivity index (χ0n) is 11.0. The van der Waals surface area contributed by atoms with Crippen LogP contribution in [0.1, 0.15) is 18.2 Å². The monoisotopic (exact) mass is 264 g/mol. The van der Waals surface area contributed by atoms with E-state index in [1.165, 1.54) is 0 Å². The number of nitrogens with one attached hydrogen (secondary N) is 1. The number of ether oxygens (including phenoxy) is 1. The molecule has 4 N–H and O–H groups in total. The van der Waals surface area contributed by atoms with Gasteiger partial charge in [-0.1, -0.05) is 6.07 Å². The summed E-state index contributed by atoms with van der Waals surface area (Å²) in [7, 11) is 0. The molecule has 0 aromatic carbocycles. The van der Waals surface area contributed by atoms with Gasteiger partial charge in [0, 0.05) is 25.8 Å². The van der Waals surface area contributed by atoms with Crippen LogP contribution in [0.2, 0.25) is 0 Å². The minimum Gasteiger partial charge on any atom is -0.394 e. The molecule has 0 amide bonds. The average Bonchev–Trinajstić information content (AvgIpc) is 2.38. The van der Waals surface area contributed by atoms with E-state index in [9.17, 15) is 5.11 Å². The first-order valence-electron chi connectivity index (χ1n) is 6.37. The Hall–Kier alpha value is -1.50. The van der Waals surface area contributed by atoms with Crippen molar-refractivity contribution in [3.05, 3.63) is 29.6 Å². The van der Waals surface area contributed by atoms with E-state index in [0.717, 1.165) is 12.1 Å². The summed E-state index contributed by atoms with van der Waals surface area (Å²) in [6.07, 6.45) is 1.57. The number of nitrogen functional groups attached to an aromatic ring is 1. The standard InChI is InChI=1S/C13H20N4O2/c1-9-5-17(7-11(8-18)19-9)6-10-3-2-4-16-12(10)13(14)15/h2-4,9,11,18H,5-8H2,1H3,(H3,14,15). The fraction of sp³-hybridized carbons (Fsp3) is 0.538. The Labute approximate surface area is 112 Å². The number of aliphatic hydroxyl groups excluding tert-OH is 1. The lowest BCUT2D eigenvalue weighted by molar-refractivity contribution is -0.0972. The van der Waals surface area contributed by atoms with Gasteiger partial charge in [0.25, 0.3) is 0 Å². The van der Waals surface area contributed by atoms with Gasteiger partial charge in [0.1, 0.15) is 11.5 Å². The number of morpholine rings is 1. The third-order valence-corrected chi connectivity index (χ3v) is 3.15. The molecule has 2 rings (SSSR count). The van der Waals surface area contributed by atoms with Crippen LogP contribution in [-0.2, 0) is 11.3 Å².